The van der Waals surface area contributed by atoms with Gasteiger partial charge in [0.15, 0.2) is 11.5 Å². The van der Waals surface area contributed by atoms with Gasteiger partial charge in [-0.3, -0.25) is 9.69 Å². The third kappa shape index (κ3) is 5.04. The topological polar surface area (TPSA) is 50.8 Å². The number of benzene rings is 2. The Bertz CT molecular complexity index is 783. The predicted molar refractivity (Wildman–Crippen MR) is 106 cm³/mol. The van der Waals surface area contributed by atoms with Crippen LogP contribution in [0.3, 0.4) is 0 Å². The molecule has 1 amide bonds. The fourth-order valence-electron chi connectivity index (χ4n) is 2.43. The van der Waals surface area contributed by atoms with E-state index in [9.17, 15) is 4.79 Å². The summed E-state index contributed by atoms with van der Waals surface area (Å²) in [5.74, 6) is 1.17. The van der Waals surface area contributed by atoms with Crippen molar-refractivity contribution in [3.05, 3.63) is 52.0 Å². The van der Waals surface area contributed by atoms with E-state index < -0.39 is 0 Å². The van der Waals surface area contributed by atoms with Gasteiger partial charge in [0.05, 0.1) is 31.0 Å². The van der Waals surface area contributed by atoms with Crippen molar-refractivity contribution < 1.29 is 14.3 Å². The van der Waals surface area contributed by atoms with Crippen molar-refractivity contribution in [1.29, 1.82) is 0 Å². The summed E-state index contributed by atoms with van der Waals surface area (Å²) in [5.41, 5.74) is 1.54. The molecule has 0 heterocycles. The molecule has 5 nitrogen and oxygen atoms in total. The maximum Gasteiger partial charge on any atom is 0.241 e. The fraction of sp³-hybridized carbons (Fsp3) is 0.316. The number of amides is 1. The van der Waals surface area contributed by atoms with Crippen LogP contribution < -0.4 is 14.8 Å². The summed E-state index contributed by atoms with van der Waals surface area (Å²) in [7, 11) is 5.07. The molecule has 0 aliphatic heterocycles. The minimum absolute atomic E-state index is 0.155. The molecule has 0 aliphatic rings. The third-order valence-electron chi connectivity index (χ3n) is 4.11. The number of rotatable bonds is 7. The Morgan fingerprint density at radius 1 is 1.12 bits per heavy atom. The van der Waals surface area contributed by atoms with Crippen molar-refractivity contribution in [2.75, 3.05) is 26.6 Å². The number of nitrogens with zero attached hydrogens (tertiary/aromatic N) is 1. The molecule has 2 rings (SSSR count). The number of nitrogens with one attached hydrogen (secondary N) is 1. The SMILES string of the molecule is COc1ccc(CN(C)C(C)C(=O)Nc2ccc(Cl)cc2Cl)cc1OC. The average molecular weight is 397 g/mol. The van der Waals surface area contributed by atoms with Crippen LogP contribution in [0.25, 0.3) is 0 Å². The van der Waals surface area contributed by atoms with Gasteiger partial charge in [-0.05, 0) is 49.9 Å². The Kier molecular flexibility index (Phi) is 7.14. The van der Waals surface area contributed by atoms with E-state index in [2.05, 4.69) is 5.32 Å². The van der Waals surface area contributed by atoms with Gasteiger partial charge in [-0.1, -0.05) is 29.3 Å². The number of hydrogen-bond acceptors (Lipinski definition) is 4. The van der Waals surface area contributed by atoms with Crippen LogP contribution in [-0.4, -0.2) is 38.1 Å². The lowest BCUT2D eigenvalue weighted by Crippen LogP contribution is -2.39. The molecule has 140 valence electrons. The molecule has 0 spiro atoms. The van der Waals surface area contributed by atoms with Gasteiger partial charge in [0, 0.05) is 11.6 Å². The lowest BCUT2D eigenvalue weighted by atomic mass is 10.1. The first-order valence-corrected chi connectivity index (χ1v) is 8.78. The van der Waals surface area contributed by atoms with E-state index in [1.807, 2.05) is 37.1 Å². The Morgan fingerprint density at radius 3 is 2.42 bits per heavy atom. The van der Waals surface area contributed by atoms with E-state index >= 15 is 0 Å². The molecule has 26 heavy (non-hydrogen) atoms. The highest BCUT2D eigenvalue weighted by atomic mass is 35.5. The van der Waals surface area contributed by atoms with Crippen LogP contribution in [0.4, 0.5) is 5.69 Å². The summed E-state index contributed by atoms with van der Waals surface area (Å²) in [6, 6.07) is 10.3. The molecule has 0 saturated heterocycles. The first kappa shape index (κ1) is 20.4. The van der Waals surface area contributed by atoms with E-state index in [0.29, 0.717) is 33.8 Å². The highest BCUT2D eigenvalue weighted by molar-refractivity contribution is 6.36. The average Bonchev–Trinajstić information content (AvgIpc) is 2.63. The second-order valence-electron chi connectivity index (χ2n) is 5.89. The highest BCUT2D eigenvalue weighted by Crippen LogP contribution is 2.28. The summed E-state index contributed by atoms with van der Waals surface area (Å²) in [6.07, 6.45) is 0. The molecule has 0 bridgehead atoms. The molecule has 1 unspecified atom stereocenters. The smallest absolute Gasteiger partial charge is 0.241 e. The fourth-order valence-corrected chi connectivity index (χ4v) is 2.89. The van der Waals surface area contributed by atoms with E-state index in [4.69, 9.17) is 32.7 Å². The van der Waals surface area contributed by atoms with Crippen LogP contribution in [0.15, 0.2) is 36.4 Å². The van der Waals surface area contributed by atoms with Crippen LogP contribution in [0.2, 0.25) is 10.0 Å². The molecule has 0 fully saturated rings. The van der Waals surface area contributed by atoms with Crippen molar-refractivity contribution >= 4 is 34.8 Å². The zero-order chi connectivity index (χ0) is 19.3. The zero-order valence-electron chi connectivity index (χ0n) is 15.2. The molecular weight excluding hydrogens is 375 g/mol. The van der Waals surface area contributed by atoms with Crippen LogP contribution in [-0.2, 0) is 11.3 Å². The zero-order valence-corrected chi connectivity index (χ0v) is 16.7. The van der Waals surface area contributed by atoms with Gasteiger partial charge >= 0.3 is 0 Å². The van der Waals surface area contributed by atoms with Crippen molar-refractivity contribution in [1.82, 2.24) is 4.90 Å². The molecule has 0 aromatic heterocycles. The number of likely N-dealkylation sites (N-methyl/N-ethyl adjacent to an activating group) is 1. The second kappa shape index (κ2) is 9.12. The Labute approximate surface area is 163 Å². The van der Waals surface area contributed by atoms with Crippen molar-refractivity contribution in [2.45, 2.75) is 19.5 Å². The first-order valence-electron chi connectivity index (χ1n) is 8.02. The van der Waals surface area contributed by atoms with Gasteiger partial charge in [0.1, 0.15) is 0 Å². The number of hydrogen-bond donors (Lipinski definition) is 1. The van der Waals surface area contributed by atoms with Gasteiger partial charge in [0.2, 0.25) is 5.91 Å². The van der Waals surface area contributed by atoms with E-state index in [1.54, 1.807) is 32.4 Å². The lowest BCUT2D eigenvalue weighted by Gasteiger charge is -2.24. The summed E-state index contributed by atoms with van der Waals surface area (Å²) in [5, 5.41) is 3.75. The van der Waals surface area contributed by atoms with Crippen molar-refractivity contribution in [3.8, 4) is 11.5 Å². The molecule has 1 atom stereocenters. The second-order valence-corrected chi connectivity index (χ2v) is 6.74. The van der Waals surface area contributed by atoms with Gasteiger partial charge in [-0.25, -0.2) is 0 Å². The number of anilines is 1. The maximum atomic E-state index is 12.5. The van der Waals surface area contributed by atoms with E-state index in [-0.39, 0.29) is 11.9 Å². The predicted octanol–water partition coefficient (Wildman–Crippen LogP) is 4.47. The standard InChI is InChI=1S/C19H22Cl2N2O3/c1-12(19(24)22-16-7-6-14(20)10-15(16)21)23(2)11-13-5-8-17(25-3)18(9-13)26-4/h5-10,12H,11H2,1-4H3,(H,22,24). The van der Waals surface area contributed by atoms with Gasteiger partial charge < -0.3 is 14.8 Å². The quantitative estimate of drug-likeness (QED) is 0.749. The largest absolute Gasteiger partial charge is 0.493 e. The Balaban J connectivity index is 2.04. The van der Waals surface area contributed by atoms with Crippen molar-refractivity contribution in [3.63, 3.8) is 0 Å². The number of ether oxygens (including phenoxy) is 2. The highest BCUT2D eigenvalue weighted by Gasteiger charge is 2.19. The van der Waals surface area contributed by atoms with Gasteiger partial charge in [-0.15, -0.1) is 0 Å². The Morgan fingerprint density at radius 2 is 1.81 bits per heavy atom. The van der Waals surface area contributed by atoms with E-state index in [0.717, 1.165) is 5.56 Å². The molecule has 0 aliphatic carbocycles. The lowest BCUT2D eigenvalue weighted by molar-refractivity contribution is -0.120. The summed E-state index contributed by atoms with van der Waals surface area (Å²) >= 11 is 12.0. The van der Waals surface area contributed by atoms with Crippen molar-refractivity contribution in [2.24, 2.45) is 0 Å². The number of carbonyl (C=O) groups excluding carboxylic acids is 1. The molecule has 7 heteroatoms. The minimum atomic E-state index is -0.366. The maximum absolute atomic E-state index is 12.5. The monoisotopic (exact) mass is 396 g/mol. The normalized spacial score (nSPS) is 12.0. The summed E-state index contributed by atoms with van der Waals surface area (Å²) < 4.78 is 10.6. The third-order valence-corrected chi connectivity index (χ3v) is 4.66. The van der Waals surface area contributed by atoms with Crippen LogP contribution in [0.1, 0.15) is 12.5 Å². The van der Waals surface area contributed by atoms with Gasteiger partial charge in [-0.2, -0.15) is 0 Å². The molecular formula is C19H22Cl2N2O3. The molecule has 0 radical (unpaired) electrons. The number of halogens is 2. The number of methoxy groups -OCH3 is 2. The molecule has 2 aromatic rings. The summed E-state index contributed by atoms with van der Waals surface area (Å²) in [4.78, 5) is 14.4. The van der Waals surface area contributed by atoms with Crippen LogP contribution >= 0.6 is 23.2 Å². The van der Waals surface area contributed by atoms with Crippen LogP contribution in [0, 0.1) is 0 Å². The van der Waals surface area contributed by atoms with E-state index in [1.165, 1.54) is 0 Å². The molecule has 2 aromatic carbocycles. The number of carbonyl (C=O) groups is 1. The first-order chi connectivity index (χ1) is 12.3. The molecule has 0 saturated carbocycles. The minimum Gasteiger partial charge on any atom is -0.493 e. The van der Waals surface area contributed by atoms with Crippen LogP contribution in [0.5, 0.6) is 11.5 Å². The molecule has 1 N–H and O–H groups in total. The van der Waals surface area contributed by atoms with Gasteiger partial charge in [0.25, 0.3) is 0 Å². The Hall–Kier alpha value is -1.95. The summed E-state index contributed by atoms with van der Waals surface area (Å²) in [6.45, 7) is 2.41.